The van der Waals surface area contributed by atoms with E-state index in [1.165, 1.54) is 12.0 Å². The molecule has 2 aromatic rings. The van der Waals surface area contributed by atoms with Crippen molar-refractivity contribution in [3.63, 3.8) is 0 Å². The lowest BCUT2D eigenvalue weighted by Gasteiger charge is -2.33. The number of aryl methyl sites for hydroxylation is 1. The van der Waals surface area contributed by atoms with Gasteiger partial charge in [-0.2, -0.15) is 0 Å². The Labute approximate surface area is 214 Å². The summed E-state index contributed by atoms with van der Waals surface area (Å²) in [6.07, 6.45) is 5.52. The fraction of sp³-hybridized carbons (Fsp3) is 0.481. The molecule has 1 aliphatic carbocycles. The van der Waals surface area contributed by atoms with E-state index in [1.807, 2.05) is 38.1 Å². The van der Waals surface area contributed by atoms with E-state index < -0.39 is 28.5 Å². The molecule has 0 unspecified atom stereocenters. The van der Waals surface area contributed by atoms with Crippen LogP contribution in [-0.2, 0) is 26.2 Å². The molecule has 1 fully saturated rings. The van der Waals surface area contributed by atoms with E-state index in [2.05, 4.69) is 5.32 Å². The molecule has 0 radical (unpaired) electrons. The van der Waals surface area contributed by atoms with Gasteiger partial charge in [-0.05, 0) is 56.0 Å². The molecule has 0 spiro atoms. The monoisotopic (exact) mass is 515 g/mol. The minimum Gasteiger partial charge on any atom is -0.497 e. The van der Waals surface area contributed by atoms with Crippen LogP contribution >= 0.6 is 0 Å². The summed E-state index contributed by atoms with van der Waals surface area (Å²) >= 11 is 0. The molecular weight excluding hydrogens is 478 g/mol. The molecule has 0 heterocycles. The summed E-state index contributed by atoms with van der Waals surface area (Å²) in [5, 5.41) is 3.11. The van der Waals surface area contributed by atoms with Crippen LogP contribution < -0.4 is 14.4 Å². The van der Waals surface area contributed by atoms with Gasteiger partial charge in [-0.15, -0.1) is 0 Å². The normalized spacial score (nSPS) is 14.8. The number of hydrogen-bond acceptors (Lipinski definition) is 5. The van der Waals surface area contributed by atoms with E-state index in [0.717, 1.165) is 47.4 Å². The smallest absolute Gasteiger partial charge is 0.244 e. The largest absolute Gasteiger partial charge is 0.497 e. The van der Waals surface area contributed by atoms with Gasteiger partial charge in [0.25, 0.3) is 0 Å². The lowest BCUT2D eigenvalue weighted by atomic mass is 10.1. The highest BCUT2D eigenvalue weighted by Crippen LogP contribution is 2.23. The van der Waals surface area contributed by atoms with Gasteiger partial charge in [-0.3, -0.25) is 13.9 Å². The SMILES string of the molecule is CC[C@@H](C(=O)NC1CCCC1)N(Cc1ccc(C)cc1)C(=O)CN(c1ccc(OC)cc1)S(C)(=O)=O. The van der Waals surface area contributed by atoms with Crippen LogP contribution in [0, 0.1) is 6.92 Å². The zero-order valence-corrected chi connectivity index (χ0v) is 22.4. The Morgan fingerprint density at radius 2 is 1.67 bits per heavy atom. The first-order valence-electron chi connectivity index (χ1n) is 12.4. The van der Waals surface area contributed by atoms with Crippen LogP contribution in [0.4, 0.5) is 5.69 Å². The lowest BCUT2D eigenvalue weighted by Crippen LogP contribution is -2.53. The number of rotatable bonds is 11. The zero-order chi connectivity index (χ0) is 26.3. The molecule has 2 aromatic carbocycles. The van der Waals surface area contributed by atoms with Gasteiger partial charge in [0, 0.05) is 12.6 Å². The van der Waals surface area contributed by atoms with Crippen molar-refractivity contribution in [2.45, 2.75) is 64.6 Å². The van der Waals surface area contributed by atoms with Crippen molar-refractivity contribution in [2.24, 2.45) is 0 Å². The van der Waals surface area contributed by atoms with E-state index >= 15 is 0 Å². The maximum Gasteiger partial charge on any atom is 0.244 e. The van der Waals surface area contributed by atoms with E-state index in [4.69, 9.17) is 4.74 Å². The summed E-state index contributed by atoms with van der Waals surface area (Å²) in [5.74, 6) is -0.0559. The van der Waals surface area contributed by atoms with Crippen molar-refractivity contribution >= 4 is 27.5 Å². The van der Waals surface area contributed by atoms with E-state index in [9.17, 15) is 18.0 Å². The minimum absolute atomic E-state index is 0.120. The fourth-order valence-electron chi connectivity index (χ4n) is 4.54. The summed E-state index contributed by atoms with van der Waals surface area (Å²) in [7, 11) is -2.25. The van der Waals surface area contributed by atoms with Gasteiger partial charge in [-0.25, -0.2) is 8.42 Å². The maximum absolute atomic E-state index is 13.7. The molecule has 0 saturated heterocycles. The first-order valence-corrected chi connectivity index (χ1v) is 14.2. The molecular formula is C27H37N3O5S. The lowest BCUT2D eigenvalue weighted by molar-refractivity contribution is -0.140. The van der Waals surface area contributed by atoms with Crippen LogP contribution in [0.15, 0.2) is 48.5 Å². The Balaban J connectivity index is 1.90. The molecule has 3 rings (SSSR count). The average molecular weight is 516 g/mol. The highest BCUT2D eigenvalue weighted by Gasteiger charge is 2.33. The number of methoxy groups -OCH3 is 1. The highest BCUT2D eigenvalue weighted by atomic mass is 32.2. The van der Waals surface area contributed by atoms with Crippen LogP contribution in [-0.4, -0.2) is 57.1 Å². The average Bonchev–Trinajstić information content (AvgIpc) is 3.36. The third-order valence-electron chi connectivity index (χ3n) is 6.60. The predicted octanol–water partition coefficient (Wildman–Crippen LogP) is 3.64. The molecule has 9 heteroatoms. The van der Waals surface area contributed by atoms with Crippen LogP contribution in [0.5, 0.6) is 5.75 Å². The number of benzene rings is 2. The second kappa shape index (κ2) is 12.3. The number of ether oxygens (including phenoxy) is 1. The molecule has 0 aromatic heterocycles. The summed E-state index contributed by atoms with van der Waals surface area (Å²) in [6.45, 7) is 3.64. The predicted molar refractivity (Wildman–Crippen MR) is 141 cm³/mol. The molecule has 1 N–H and O–H groups in total. The number of amides is 2. The second-order valence-corrected chi connectivity index (χ2v) is 11.3. The topological polar surface area (TPSA) is 96.0 Å². The molecule has 0 aliphatic heterocycles. The maximum atomic E-state index is 13.7. The molecule has 1 saturated carbocycles. The van der Waals surface area contributed by atoms with Crippen LogP contribution in [0.2, 0.25) is 0 Å². The minimum atomic E-state index is -3.77. The van der Waals surface area contributed by atoms with E-state index in [1.54, 1.807) is 24.3 Å². The number of hydrogen-bond donors (Lipinski definition) is 1. The second-order valence-electron chi connectivity index (χ2n) is 9.39. The van der Waals surface area contributed by atoms with Crippen molar-refractivity contribution < 1.29 is 22.7 Å². The summed E-state index contributed by atoms with van der Waals surface area (Å²) < 4.78 is 31.6. The Morgan fingerprint density at radius 3 is 2.19 bits per heavy atom. The number of nitrogens with zero attached hydrogens (tertiary/aromatic N) is 2. The number of nitrogens with one attached hydrogen (secondary N) is 1. The Morgan fingerprint density at radius 1 is 1.06 bits per heavy atom. The standard InChI is InChI=1S/C27H37N3O5S/c1-5-25(27(32)28-22-8-6-7-9-22)29(18-21-12-10-20(2)11-13-21)26(31)19-30(36(4,33)34)23-14-16-24(35-3)17-15-23/h10-17,22,25H,5-9,18-19H2,1-4H3,(H,28,32)/t25-/m0/s1. The van der Waals surface area contributed by atoms with Gasteiger partial charge >= 0.3 is 0 Å². The summed E-state index contributed by atoms with van der Waals surface area (Å²) in [6, 6.07) is 13.7. The first kappa shape index (κ1) is 27.5. The van der Waals surface area contributed by atoms with Crippen molar-refractivity contribution in [3.8, 4) is 5.75 Å². The van der Waals surface area contributed by atoms with Gasteiger partial charge < -0.3 is 15.0 Å². The summed E-state index contributed by atoms with van der Waals surface area (Å²) in [4.78, 5) is 28.5. The number of sulfonamides is 1. The number of carbonyl (C=O) groups is 2. The fourth-order valence-corrected chi connectivity index (χ4v) is 5.39. The Kier molecular flexibility index (Phi) is 9.37. The van der Waals surface area contributed by atoms with Crippen LogP contribution in [0.25, 0.3) is 0 Å². The highest BCUT2D eigenvalue weighted by molar-refractivity contribution is 7.92. The molecule has 2 amide bonds. The third kappa shape index (κ3) is 7.22. The van der Waals surface area contributed by atoms with Gasteiger partial charge in [0.1, 0.15) is 18.3 Å². The van der Waals surface area contributed by atoms with Gasteiger partial charge in [0.15, 0.2) is 0 Å². The quantitative estimate of drug-likeness (QED) is 0.493. The van der Waals surface area contributed by atoms with Gasteiger partial charge in [0.2, 0.25) is 21.8 Å². The van der Waals surface area contributed by atoms with Crippen LogP contribution in [0.1, 0.15) is 50.2 Å². The van der Waals surface area contributed by atoms with E-state index in [-0.39, 0.29) is 18.5 Å². The Bertz CT molecular complexity index is 1130. The first-order chi connectivity index (χ1) is 17.1. The molecule has 36 heavy (non-hydrogen) atoms. The molecule has 1 atom stereocenters. The molecule has 196 valence electrons. The van der Waals surface area contributed by atoms with Gasteiger partial charge in [-0.1, -0.05) is 49.6 Å². The molecule has 8 nitrogen and oxygen atoms in total. The molecule has 0 bridgehead atoms. The molecule has 1 aliphatic rings. The summed E-state index contributed by atoms with van der Waals surface area (Å²) in [5.41, 5.74) is 2.31. The van der Waals surface area contributed by atoms with Crippen molar-refractivity contribution in [2.75, 3.05) is 24.2 Å². The van der Waals surface area contributed by atoms with Gasteiger partial charge in [0.05, 0.1) is 19.1 Å². The van der Waals surface area contributed by atoms with Crippen molar-refractivity contribution in [3.05, 3.63) is 59.7 Å². The number of carbonyl (C=O) groups excluding carboxylic acids is 2. The van der Waals surface area contributed by atoms with E-state index in [0.29, 0.717) is 17.9 Å². The third-order valence-corrected chi connectivity index (χ3v) is 7.74. The van der Waals surface area contributed by atoms with Crippen LogP contribution in [0.3, 0.4) is 0 Å². The van der Waals surface area contributed by atoms with Crippen molar-refractivity contribution in [1.82, 2.24) is 10.2 Å². The zero-order valence-electron chi connectivity index (χ0n) is 21.6. The number of anilines is 1. The Hall–Kier alpha value is -3.07. The van der Waals surface area contributed by atoms with Crippen molar-refractivity contribution in [1.29, 1.82) is 0 Å².